The van der Waals surface area contributed by atoms with Gasteiger partial charge in [0.2, 0.25) is 0 Å². The number of carbonyl (C=O) groups is 1. The molecule has 1 heterocycles. The molecule has 0 aliphatic carbocycles. The molecule has 0 spiro atoms. The Labute approximate surface area is 160 Å². The second-order valence-electron chi connectivity index (χ2n) is 7.48. The molecule has 0 N–H and O–H groups in total. The summed E-state index contributed by atoms with van der Waals surface area (Å²) in [6.07, 6.45) is 0. The highest BCUT2D eigenvalue weighted by Gasteiger charge is 2.44. The molecule has 4 rings (SSSR count). The van der Waals surface area contributed by atoms with Crippen LogP contribution >= 0.6 is 0 Å². The van der Waals surface area contributed by atoms with Crippen LogP contribution in [0.5, 0.6) is 5.75 Å². The minimum absolute atomic E-state index is 0.0432. The predicted molar refractivity (Wildman–Crippen MR) is 108 cm³/mol. The van der Waals surface area contributed by atoms with Gasteiger partial charge in [0.25, 0.3) is 5.91 Å². The van der Waals surface area contributed by atoms with Crippen molar-refractivity contribution >= 4 is 11.6 Å². The molecule has 3 nitrogen and oxygen atoms in total. The van der Waals surface area contributed by atoms with E-state index in [1.807, 2.05) is 80.3 Å². The Morgan fingerprint density at radius 2 is 1.41 bits per heavy atom. The van der Waals surface area contributed by atoms with E-state index < -0.39 is 5.60 Å². The molecule has 0 fully saturated rings. The van der Waals surface area contributed by atoms with Crippen molar-refractivity contribution in [3.63, 3.8) is 0 Å². The Hall–Kier alpha value is -3.07. The van der Waals surface area contributed by atoms with Crippen molar-refractivity contribution < 1.29 is 9.53 Å². The molecule has 0 atom stereocenters. The molecule has 3 aromatic carbocycles. The number of ether oxygens (including phenoxy) is 1. The first kappa shape index (κ1) is 17.3. The van der Waals surface area contributed by atoms with Crippen LogP contribution in [-0.2, 0) is 4.79 Å². The van der Waals surface area contributed by atoms with Gasteiger partial charge in [0.05, 0.1) is 11.7 Å². The number of amides is 1. The summed E-state index contributed by atoms with van der Waals surface area (Å²) in [5.74, 6) is 0.695. The van der Waals surface area contributed by atoms with Crippen molar-refractivity contribution in [2.45, 2.75) is 32.4 Å². The summed E-state index contributed by atoms with van der Waals surface area (Å²) in [4.78, 5) is 15.4. The van der Waals surface area contributed by atoms with Crippen molar-refractivity contribution in [2.24, 2.45) is 0 Å². The maximum absolute atomic E-state index is 13.5. The Balaban J connectivity index is 1.96. The van der Waals surface area contributed by atoms with Gasteiger partial charge >= 0.3 is 0 Å². The van der Waals surface area contributed by atoms with Crippen LogP contribution in [-0.4, -0.2) is 11.5 Å². The maximum Gasteiger partial charge on any atom is 0.271 e. The van der Waals surface area contributed by atoms with Crippen LogP contribution in [0, 0.1) is 6.92 Å². The van der Waals surface area contributed by atoms with Gasteiger partial charge in [-0.15, -0.1) is 0 Å². The van der Waals surface area contributed by atoms with Crippen LogP contribution < -0.4 is 9.64 Å². The lowest BCUT2D eigenvalue weighted by atomic mass is 9.93. The van der Waals surface area contributed by atoms with E-state index in [4.69, 9.17) is 4.74 Å². The molecule has 0 saturated heterocycles. The Morgan fingerprint density at radius 3 is 1.96 bits per heavy atom. The van der Waals surface area contributed by atoms with Gasteiger partial charge < -0.3 is 4.74 Å². The number of nitrogens with zero attached hydrogens (tertiary/aromatic N) is 1. The fourth-order valence-corrected chi connectivity index (χ4v) is 3.64. The number of hydrogen-bond donors (Lipinski definition) is 0. The highest BCUT2D eigenvalue weighted by molar-refractivity contribution is 6.03. The summed E-state index contributed by atoms with van der Waals surface area (Å²) in [6, 6.07) is 26.1. The van der Waals surface area contributed by atoms with Gasteiger partial charge in [0, 0.05) is 0 Å². The van der Waals surface area contributed by atoms with E-state index in [1.165, 1.54) is 0 Å². The number of fused-ring (bicyclic) bond motifs is 1. The van der Waals surface area contributed by atoms with Gasteiger partial charge in [-0.3, -0.25) is 9.69 Å². The van der Waals surface area contributed by atoms with Gasteiger partial charge in [0.1, 0.15) is 5.75 Å². The summed E-state index contributed by atoms with van der Waals surface area (Å²) >= 11 is 0. The fourth-order valence-electron chi connectivity index (χ4n) is 3.64. The average Bonchev–Trinajstić information content (AvgIpc) is 2.67. The third-order valence-corrected chi connectivity index (χ3v) is 4.96. The number of anilines is 1. The van der Waals surface area contributed by atoms with Crippen LogP contribution in [0.25, 0.3) is 0 Å². The van der Waals surface area contributed by atoms with Crippen molar-refractivity contribution in [3.8, 4) is 5.75 Å². The van der Waals surface area contributed by atoms with E-state index >= 15 is 0 Å². The largest absolute Gasteiger partial charge is 0.476 e. The van der Waals surface area contributed by atoms with Crippen molar-refractivity contribution in [2.75, 3.05) is 4.90 Å². The molecular formula is C24H23NO2. The summed E-state index contributed by atoms with van der Waals surface area (Å²) in [5, 5.41) is 0. The van der Waals surface area contributed by atoms with Crippen LogP contribution in [0.1, 0.15) is 36.6 Å². The topological polar surface area (TPSA) is 29.5 Å². The van der Waals surface area contributed by atoms with Crippen molar-refractivity contribution in [3.05, 3.63) is 95.6 Å². The number of hydrogen-bond acceptors (Lipinski definition) is 2. The first-order chi connectivity index (χ1) is 13.0. The van der Waals surface area contributed by atoms with Crippen molar-refractivity contribution in [1.29, 1.82) is 0 Å². The molecule has 0 radical (unpaired) electrons. The van der Waals surface area contributed by atoms with Gasteiger partial charge in [-0.1, -0.05) is 66.7 Å². The van der Waals surface area contributed by atoms with Crippen LogP contribution in [0.15, 0.2) is 78.9 Å². The quantitative estimate of drug-likeness (QED) is 0.637. The minimum Gasteiger partial charge on any atom is -0.476 e. The average molecular weight is 357 g/mol. The smallest absolute Gasteiger partial charge is 0.271 e. The zero-order valence-corrected chi connectivity index (χ0v) is 15.8. The van der Waals surface area contributed by atoms with E-state index in [-0.39, 0.29) is 11.9 Å². The van der Waals surface area contributed by atoms with E-state index in [2.05, 4.69) is 24.3 Å². The van der Waals surface area contributed by atoms with E-state index in [0.29, 0.717) is 0 Å². The lowest BCUT2D eigenvalue weighted by Gasteiger charge is -2.43. The Kier molecular flexibility index (Phi) is 4.23. The van der Waals surface area contributed by atoms with E-state index in [0.717, 1.165) is 28.1 Å². The second-order valence-corrected chi connectivity index (χ2v) is 7.48. The molecule has 3 heteroatoms. The molecule has 3 aromatic rings. The molecular weight excluding hydrogens is 334 g/mol. The Morgan fingerprint density at radius 1 is 0.852 bits per heavy atom. The SMILES string of the molecule is Cc1ccc2c(c1)N(C(c1ccccc1)c1ccccc1)C(=O)C(C)(C)O2. The minimum atomic E-state index is -0.927. The second kappa shape index (κ2) is 6.58. The van der Waals surface area contributed by atoms with E-state index in [1.54, 1.807) is 0 Å². The fraction of sp³-hybridized carbons (Fsp3) is 0.208. The highest BCUT2D eigenvalue weighted by Crippen LogP contribution is 2.44. The molecule has 0 bridgehead atoms. The maximum atomic E-state index is 13.5. The van der Waals surface area contributed by atoms with Crippen LogP contribution in [0.2, 0.25) is 0 Å². The molecule has 0 aromatic heterocycles. The lowest BCUT2D eigenvalue weighted by Crippen LogP contribution is -2.53. The third kappa shape index (κ3) is 3.10. The van der Waals surface area contributed by atoms with Crippen molar-refractivity contribution in [1.82, 2.24) is 0 Å². The van der Waals surface area contributed by atoms with Gasteiger partial charge in [-0.05, 0) is 49.6 Å². The molecule has 1 aliphatic rings. The standard InChI is InChI=1S/C24H23NO2/c1-17-14-15-21-20(16-17)25(23(26)24(2,3)27-21)22(18-10-6-4-7-11-18)19-12-8-5-9-13-19/h4-16,22H,1-3H3. The lowest BCUT2D eigenvalue weighted by molar-refractivity contribution is -0.133. The highest BCUT2D eigenvalue weighted by atomic mass is 16.5. The summed E-state index contributed by atoms with van der Waals surface area (Å²) in [6.45, 7) is 5.69. The normalized spacial score (nSPS) is 15.4. The summed E-state index contributed by atoms with van der Waals surface area (Å²) < 4.78 is 6.05. The predicted octanol–water partition coefficient (Wildman–Crippen LogP) is 5.29. The molecule has 1 aliphatic heterocycles. The van der Waals surface area contributed by atoms with Crippen LogP contribution in [0.3, 0.4) is 0 Å². The van der Waals surface area contributed by atoms with Gasteiger partial charge in [-0.2, -0.15) is 0 Å². The van der Waals surface area contributed by atoms with E-state index in [9.17, 15) is 4.79 Å². The third-order valence-electron chi connectivity index (χ3n) is 4.96. The number of carbonyl (C=O) groups excluding carboxylic acids is 1. The number of rotatable bonds is 3. The van der Waals surface area contributed by atoms with Gasteiger partial charge in [-0.25, -0.2) is 0 Å². The molecule has 27 heavy (non-hydrogen) atoms. The first-order valence-corrected chi connectivity index (χ1v) is 9.20. The number of aryl methyl sites for hydroxylation is 1. The van der Waals surface area contributed by atoms with Crippen LogP contribution in [0.4, 0.5) is 5.69 Å². The first-order valence-electron chi connectivity index (χ1n) is 9.20. The number of benzene rings is 3. The molecule has 1 amide bonds. The Bertz CT molecular complexity index is 925. The molecule has 0 unspecified atom stereocenters. The zero-order valence-electron chi connectivity index (χ0n) is 15.8. The molecule has 136 valence electrons. The molecule has 0 saturated carbocycles. The monoisotopic (exact) mass is 357 g/mol. The summed E-state index contributed by atoms with van der Waals surface area (Å²) in [7, 11) is 0. The summed E-state index contributed by atoms with van der Waals surface area (Å²) in [5.41, 5.74) is 3.13. The zero-order chi connectivity index (χ0) is 19.0. The van der Waals surface area contributed by atoms with Gasteiger partial charge in [0.15, 0.2) is 5.60 Å².